The van der Waals surface area contributed by atoms with Gasteiger partial charge in [0.1, 0.15) is 6.61 Å². The van der Waals surface area contributed by atoms with E-state index in [-0.39, 0.29) is 18.4 Å². The van der Waals surface area contributed by atoms with Crippen molar-refractivity contribution in [3.63, 3.8) is 0 Å². The van der Waals surface area contributed by atoms with Crippen LogP contribution in [0.3, 0.4) is 0 Å². The summed E-state index contributed by atoms with van der Waals surface area (Å²) in [6.45, 7) is 0.207. The van der Waals surface area contributed by atoms with Gasteiger partial charge in [0, 0.05) is 11.8 Å². The van der Waals surface area contributed by atoms with E-state index in [2.05, 4.69) is 0 Å². The Bertz CT molecular complexity index is 627. The van der Waals surface area contributed by atoms with Crippen LogP contribution in [0.25, 0.3) is 0 Å². The van der Waals surface area contributed by atoms with E-state index in [9.17, 15) is 9.59 Å². The number of benzene rings is 1. The van der Waals surface area contributed by atoms with Crippen LogP contribution in [-0.2, 0) is 25.7 Å². The van der Waals surface area contributed by atoms with E-state index < -0.39 is 11.9 Å². The van der Waals surface area contributed by atoms with Gasteiger partial charge in [0.25, 0.3) is 0 Å². The quantitative estimate of drug-likeness (QED) is 0.629. The van der Waals surface area contributed by atoms with E-state index in [1.165, 1.54) is 7.11 Å². The molecule has 0 unspecified atom stereocenters. The summed E-state index contributed by atoms with van der Waals surface area (Å²) < 4.78 is 10.1. The number of allylic oxidation sites excluding steroid dienone is 2. The van der Waals surface area contributed by atoms with Crippen LogP contribution in [0.4, 0.5) is 0 Å². The number of esters is 2. The maximum atomic E-state index is 12.3. The van der Waals surface area contributed by atoms with E-state index >= 15 is 0 Å². The minimum atomic E-state index is -0.432. The third-order valence-corrected chi connectivity index (χ3v) is 3.95. The summed E-state index contributed by atoms with van der Waals surface area (Å²) >= 11 is 0. The van der Waals surface area contributed by atoms with Crippen LogP contribution in [0.5, 0.6) is 0 Å². The predicted octanol–water partition coefficient (Wildman–Crippen LogP) is 2.41. The standard InChI is InChI=1S/C17H16O4/c1-20-16(18)14-12-7-8-13(9-12)15(14)17(19)21-10-11-5-3-2-4-6-11/h2-8,12-13H,9-10H2,1H3/t12-,13+/m1/s1. The van der Waals surface area contributed by atoms with Crippen molar-refractivity contribution >= 4 is 11.9 Å². The second kappa shape index (κ2) is 5.56. The van der Waals surface area contributed by atoms with Gasteiger partial charge in [-0.3, -0.25) is 0 Å². The summed E-state index contributed by atoms with van der Waals surface area (Å²) in [7, 11) is 1.33. The Morgan fingerprint density at radius 2 is 1.67 bits per heavy atom. The number of methoxy groups -OCH3 is 1. The van der Waals surface area contributed by atoms with Gasteiger partial charge >= 0.3 is 11.9 Å². The molecule has 0 radical (unpaired) electrons. The van der Waals surface area contributed by atoms with Gasteiger partial charge in [-0.05, 0) is 12.0 Å². The van der Waals surface area contributed by atoms with Crippen molar-refractivity contribution in [1.82, 2.24) is 0 Å². The molecular weight excluding hydrogens is 268 g/mol. The molecule has 3 rings (SSSR count). The number of hydrogen-bond donors (Lipinski definition) is 0. The normalized spacial score (nSPS) is 22.5. The number of ether oxygens (including phenoxy) is 2. The average molecular weight is 284 g/mol. The van der Waals surface area contributed by atoms with E-state index in [4.69, 9.17) is 9.47 Å². The second-order valence-corrected chi connectivity index (χ2v) is 5.21. The third kappa shape index (κ3) is 2.49. The lowest BCUT2D eigenvalue weighted by molar-refractivity contribution is -0.142. The van der Waals surface area contributed by atoms with Crippen molar-refractivity contribution in [2.75, 3.05) is 7.11 Å². The molecule has 21 heavy (non-hydrogen) atoms. The Labute approximate surface area is 123 Å². The van der Waals surface area contributed by atoms with Crippen molar-refractivity contribution in [3.05, 3.63) is 59.2 Å². The number of fused-ring (bicyclic) bond motifs is 2. The minimum Gasteiger partial charge on any atom is -0.466 e. The van der Waals surface area contributed by atoms with Gasteiger partial charge in [-0.15, -0.1) is 0 Å². The number of carbonyl (C=O) groups is 2. The first kappa shape index (κ1) is 13.6. The van der Waals surface area contributed by atoms with Gasteiger partial charge in [-0.1, -0.05) is 42.5 Å². The molecule has 2 atom stereocenters. The predicted molar refractivity (Wildman–Crippen MR) is 76.0 cm³/mol. The molecule has 108 valence electrons. The van der Waals surface area contributed by atoms with Gasteiger partial charge in [0.05, 0.1) is 18.3 Å². The SMILES string of the molecule is COC(=O)C1=C(C(=O)OCc2ccccc2)[C@H]2C=C[C@@H]1C2. The molecule has 0 spiro atoms. The lowest BCUT2D eigenvalue weighted by Crippen LogP contribution is -2.18. The summed E-state index contributed by atoms with van der Waals surface area (Å²) in [4.78, 5) is 24.2. The molecule has 0 fully saturated rings. The Morgan fingerprint density at radius 1 is 1.05 bits per heavy atom. The molecule has 2 bridgehead atoms. The van der Waals surface area contributed by atoms with E-state index in [0.717, 1.165) is 12.0 Å². The molecule has 0 aromatic heterocycles. The molecular formula is C17H16O4. The highest BCUT2D eigenvalue weighted by atomic mass is 16.5. The van der Waals surface area contributed by atoms with Crippen molar-refractivity contribution in [2.45, 2.75) is 13.0 Å². The molecule has 0 N–H and O–H groups in total. The Kier molecular flexibility index (Phi) is 3.60. The first-order valence-corrected chi connectivity index (χ1v) is 6.92. The molecule has 0 saturated heterocycles. The summed E-state index contributed by atoms with van der Waals surface area (Å²) in [6, 6.07) is 9.47. The summed E-state index contributed by atoms with van der Waals surface area (Å²) in [5, 5.41) is 0. The molecule has 4 nitrogen and oxygen atoms in total. The highest BCUT2D eigenvalue weighted by Crippen LogP contribution is 2.44. The fraction of sp³-hybridized carbons (Fsp3) is 0.294. The highest BCUT2D eigenvalue weighted by molar-refractivity contribution is 6.03. The number of carbonyl (C=O) groups excluding carboxylic acids is 2. The van der Waals surface area contributed by atoms with Crippen molar-refractivity contribution in [1.29, 1.82) is 0 Å². The second-order valence-electron chi connectivity index (χ2n) is 5.21. The molecule has 0 amide bonds. The third-order valence-electron chi connectivity index (χ3n) is 3.95. The first-order valence-electron chi connectivity index (χ1n) is 6.92. The Morgan fingerprint density at radius 3 is 2.29 bits per heavy atom. The van der Waals surface area contributed by atoms with Crippen molar-refractivity contribution < 1.29 is 19.1 Å². The van der Waals surface area contributed by atoms with Crippen LogP contribution in [0.15, 0.2) is 53.6 Å². The first-order chi connectivity index (χ1) is 10.2. The van der Waals surface area contributed by atoms with E-state index in [0.29, 0.717) is 11.1 Å². The molecule has 1 aromatic carbocycles. The lowest BCUT2D eigenvalue weighted by Gasteiger charge is -2.14. The van der Waals surface area contributed by atoms with Crippen LogP contribution in [0.2, 0.25) is 0 Å². The summed E-state index contributed by atoms with van der Waals surface area (Å²) in [6.07, 6.45) is 4.70. The maximum Gasteiger partial charge on any atom is 0.335 e. The van der Waals surface area contributed by atoms with Gasteiger partial charge in [0.2, 0.25) is 0 Å². The Balaban J connectivity index is 1.76. The zero-order valence-corrected chi connectivity index (χ0v) is 11.7. The zero-order valence-electron chi connectivity index (χ0n) is 11.7. The van der Waals surface area contributed by atoms with E-state index in [1.54, 1.807) is 0 Å². The molecule has 2 aliphatic rings. The van der Waals surface area contributed by atoms with Crippen LogP contribution >= 0.6 is 0 Å². The largest absolute Gasteiger partial charge is 0.466 e. The van der Waals surface area contributed by atoms with Crippen molar-refractivity contribution in [3.8, 4) is 0 Å². The van der Waals surface area contributed by atoms with Crippen LogP contribution in [0, 0.1) is 11.8 Å². The average Bonchev–Trinajstić information content (AvgIpc) is 3.13. The number of hydrogen-bond acceptors (Lipinski definition) is 4. The van der Waals surface area contributed by atoms with Crippen molar-refractivity contribution in [2.24, 2.45) is 11.8 Å². The topological polar surface area (TPSA) is 52.6 Å². The lowest BCUT2D eigenvalue weighted by atomic mass is 9.97. The number of rotatable bonds is 4. The van der Waals surface area contributed by atoms with E-state index in [1.807, 2.05) is 42.5 Å². The molecule has 1 aromatic rings. The monoisotopic (exact) mass is 284 g/mol. The fourth-order valence-corrected chi connectivity index (χ4v) is 2.96. The van der Waals surface area contributed by atoms with Crippen LogP contribution < -0.4 is 0 Å². The highest BCUT2D eigenvalue weighted by Gasteiger charge is 2.42. The molecule has 0 heterocycles. The van der Waals surface area contributed by atoms with Gasteiger partial charge < -0.3 is 9.47 Å². The summed E-state index contributed by atoms with van der Waals surface area (Å²) in [5.41, 5.74) is 1.85. The van der Waals surface area contributed by atoms with Gasteiger partial charge in [-0.25, -0.2) is 9.59 Å². The zero-order chi connectivity index (χ0) is 14.8. The fourth-order valence-electron chi connectivity index (χ4n) is 2.96. The smallest absolute Gasteiger partial charge is 0.335 e. The van der Waals surface area contributed by atoms with Crippen LogP contribution in [0.1, 0.15) is 12.0 Å². The van der Waals surface area contributed by atoms with Gasteiger partial charge in [-0.2, -0.15) is 0 Å². The Hall–Kier alpha value is -2.36. The molecule has 0 aliphatic heterocycles. The maximum absolute atomic E-state index is 12.3. The van der Waals surface area contributed by atoms with Gasteiger partial charge in [0.15, 0.2) is 0 Å². The molecule has 2 aliphatic carbocycles. The minimum absolute atomic E-state index is 0.0123. The molecule has 4 heteroatoms. The van der Waals surface area contributed by atoms with Crippen LogP contribution in [-0.4, -0.2) is 19.0 Å². The molecule has 0 saturated carbocycles. The summed E-state index contributed by atoms with van der Waals surface area (Å²) in [5.74, 6) is -0.885.